The van der Waals surface area contributed by atoms with Crippen LogP contribution in [0.2, 0.25) is 0 Å². The third-order valence-corrected chi connectivity index (χ3v) is 9.00. The van der Waals surface area contributed by atoms with Gasteiger partial charge in [-0.2, -0.15) is 0 Å². The summed E-state index contributed by atoms with van der Waals surface area (Å²) in [6, 6.07) is 31.2. The molecule has 0 aliphatic carbocycles. The topological polar surface area (TPSA) is 0 Å². The van der Waals surface area contributed by atoms with E-state index in [1.54, 1.807) is 0 Å². The molecule has 1 heteroatoms. The quantitative estimate of drug-likeness (QED) is 0.395. The van der Waals surface area contributed by atoms with E-state index in [9.17, 15) is 0 Å². The second-order valence-electron chi connectivity index (χ2n) is 6.54. The number of benzene rings is 3. The van der Waals surface area contributed by atoms with Gasteiger partial charge in [0.05, 0.1) is 30.2 Å². The van der Waals surface area contributed by atoms with Crippen molar-refractivity contribution < 1.29 is 0 Å². The highest BCUT2D eigenvalue weighted by Gasteiger charge is 2.41. The second kappa shape index (κ2) is 8.28. The molecular weight excluding hydrogens is 319 g/mol. The van der Waals surface area contributed by atoms with Crippen LogP contribution in [0.1, 0.15) is 18.1 Å². The molecule has 0 atom stereocenters. The predicted octanol–water partition coefficient (Wildman–Crippen LogP) is 5.74. The van der Waals surface area contributed by atoms with Crippen LogP contribution in [-0.2, 0) is 6.16 Å². The average Bonchev–Trinajstić information content (AvgIpc) is 2.67. The first kappa shape index (κ1) is 17.6. The van der Waals surface area contributed by atoms with Crippen molar-refractivity contribution in [3.63, 3.8) is 0 Å². The summed E-state index contributed by atoms with van der Waals surface area (Å²) >= 11 is 0. The van der Waals surface area contributed by atoms with Crippen molar-refractivity contribution in [2.75, 3.05) is 6.16 Å². The van der Waals surface area contributed by atoms with Gasteiger partial charge in [-0.3, -0.25) is 0 Å². The molecule has 0 saturated heterocycles. The molecule has 0 nitrogen and oxygen atoms in total. The van der Waals surface area contributed by atoms with Crippen LogP contribution in [-0.4, -0.2) is 6.16 Å². The van der Waals surface area contributed by atoms with Crippen LogP contribution in [0.4, 0.5) is 0 Å². The van der Waals surface area contributed by atoms with Gasteiger partial charge < -0.3 is 0 Å². The molecule has 3 rings (SSSR count). The van der Waals surface area contributed by atoms with Gasteiger partial charge in [0, 0.05) is 0 Å². The third-order valence-electron chi connectivity index (χ3n) is 4.69. The molecule has 0 aromatic heterocycles. The van der Waals surface area contributed by atoms with Gasteiger partial charge in [-0.25, -0.2) is 0 Å². The van der Waals surface area contributed by atoms with Crippen molar-refractivity contribution >= 4 is 17.9 Å². The van der Waals surface area contributed by atoms with Gasteiger partial charge >= 0.3 is 0 Å². The summed E-state index contributed by atoms with van der Waals surface area (Å²) in [7, 11) is -1.55. The van der Waals surface area contributed by atoms with Crippen molar-refractivity contribution in [1.29, 1.82) is 0 Å². The van der Waals surface area contributed by atoms with Crippen LogP contribution in [0.15, 0.2) is 97.1 Å². The Kier molecular flexibility index (Phi) is 5.84. The fourth-order valence-electron chi connectivity index (χ4n) is 3.44. The number of hydrogen-bond acceptors (Lipinski definition) is 0. The molecule has 0 amide bonds. The van der Waals surface area contributed by atoms with Crippen LogP contribution in [0.25, 0.3) is 0 Å². The van der Waals surface area contributed by atoms with E-state index in [0.717, 1.165) is 12.3 Å². The Morgan fingerprint density at radius 2 is 1.36 bits per heavy atom. The Balaban J connectivity index is 2.17. The molecule has 3 aromatic rings. The molecule has 126 valence electrons. The van der Waals surface area contributed by atoms with E-state index >= 15 is 0 Å². The number of aryl methyl sites for hydroxylation is 1. The zero-order chi connectivity index (χ0) is 17.5. The average molecular weight is 345 g/mol. The Morgan fingerprint density at radius 1 is 0.760 bits per heavy atom. The number of hydrogen-bond donors (Lipinski definition) is 0. The lowest BCUT2D eigenvalue weighted by Crippen LogP contribution is -2.26. The molecule has 0 aliphatic heterocycles. The monoisotopic (exact) mass is 345 g/mol. The SMILES string of the molecule is CC=CC[P+](Cc1cccc(C)c1)(c1ccccc1)c1ccccc1. The fourth-order valence-corrected chi connectivity index (χ4v) is 7.53. The Bertz CT molecular complexity index is 779. The molecule has 0 fully saturated rings. The standard InChI is InChI=1S/C24H26P/c1-3-4-18-25(23-14-7-5-8-15-23,24-16-9-6-10-17-24)20-22-13-11-12-21(2)19-22/h3-17,19H,18,20H2,1-2H3/q+1. The van der Waals surface area contributed by atoms with Gasteiger partial charge in [0.2, 0.25) is 0 Å². The van der Waals surface area contributed by atoms with Crippen molar-refractivity contribution in [2.24, 2.45) is 0 Å². The normalized spacial score (nSPS) is 11.8. The predicted molar refractivity (Wildman–Crippen MR) is 114 cm³/mol. The molecule has 3 aromatic carbocycles. The van der Waals surface area contributed by atoms with Gasteiger partial charge in [-0.05, 0) is 43.7 Å². The zero-order valence-corrected chi connectivity index (χ0v) is 16.0. The van der Waals surface area contributed by atoms with Crippen molar-refractivity contribution in [3.8, 4) is 0 Å². The summed E-state index contributed by atoms with van der Waals surface area (Å²) in [6.45, 7) is 4.30. The van der Waals surface area contributed by atoms with Crippen LogP contribution < -0.4 is 10.6 Å². The van der Waals surface area contributed by atoms with E-state index in [2.05, 4.69) is 111 Å². The van der Waals surface area contributed by atoms with Crippen molar-refractivity contribution in [1.82, 2.24) is 0 Å². The summed E-state index contributed by atoms with van der Waals surface area (Å²) in [5.41, 5.74) is 2.77. The molecule has 0 unspecified atom stereocenters. The molecule has 0 aliphatic rings. The minimum atomic E-state index is -1.55. The number of allylic oxidation sites excluding steroid dienone is 2. The molecule has 0 heterocycles. The first-order valence-corrected chi connectivity index (χ1v) is 11.1. The first-order chi connectivity index (χ1) is 12.2. The van der Waals surface area contributed by atoms with E-state index in [4.69, 9.17) is 0 Å². The number of rotatable bonds is 6. The Hall–Kier alpha value is -2.17. The molecule has 0 saturated carbocycles. The van der Waals surface area contributed by atoms with E-state index in [-0.39, 0.29) is 0 Å². The molecule has 25 heavy (non-hydrogen) atoms. The van der Waals surface area contributed by atoms with Gasteiger partial charge in [0.25, 0.3) is 0 Å². The molecular formula is C24H26P+. The van der Waals surface area contributed by atoms with E-state index < -0.39 is 7.26 Å². The van der Waals surface area contributed by atoms with Crippen LogP contribution >= 0.6 is 7.26 Å². The van der Waals surface area contributed by atoms with E-state index in [1.165, 1.54) is 21.7 Å². The summed E-state index contributed by atoms with van der Waals surface area (Å²) in [4.78, 5) is 0. The van der Waals surface area contributed by atoms with Crippen LogP contribution in [0.3, 0.4) is 0 Å². The minimum absolute atomic E-state index is 1.10. The summed E-state index contributed by atoms with van der Waals surface area (Å²) in [5, 5.41) is 2.97. The van der Waals surface area contributed by atoms with Crippen molar-refractivity contribution in [3.05, 3.63) is 108 Å². The fraction of sp³-hybridized carbons (Fsp3) is 0.167. The highest BCUT2D eigenvalue weighted by molar-refractivity contribution is 7.89. The maximum atomic E-state index is 2.35. The maximum absolute atomic E-state index is 2.35. The first-order valence-electron chi connectivity index (χ1n) is 8.89. The highest BCUT2D eigenvalue weighted by Crippen LogP contribution is 2.59. The van der Waals surface area contributed by atoms with Gasteiger partial charge in [-0.15, -0.1) is 0 Å². The van der Waals surface area contributed by atoms with E-state index in [0.29, 0.717) is 0 Å². The molecule has 0 spiro atoms. The summed E-state index contributed by atoms with van der Waals surface area (Å²) < 4.78 is 0. The van der Waals surface area contributed by atoms with Gasteiger partial charge in [-0.1, -0.05) is 78.4 Å². The van der Waals surface area contributed by atoms with Gasteiger partial charge in [0.15, 0.2) is 0 Å². The van der Waals surface area contributed by atoms with E-state index in [1.807, 2.05) is 0 Å². The third kappa shape index (κ3) is 4.09. The Labute approximate surface area is 152 Å². The zero-order valence-electron chi connectivity index (χ0n) is 15.1. The maximum Gasteiger partial charge on any atom is 0.0998 e. The largest absolute Gasteiger partial charge is 0.0998 e. The molecule has 0 bridgehead atoms. The van der Waals surface area contributed by atoms with Crippen LogP contribution in [0, 0.1) is 6.92 Å². The minimum Gasteiger partial charge on any atom is -0.0881 e. The lowest BCUT2D eigenvalue weighted by Gasteiger charge is -2.27. The highest BCUT2D eigenvalue weighted by atomic mass is 31.2. The molecule has 0 N–H and O–H groups in total. The summed E-state index contributed by atoms with van der Waals surface area (Å²) in [6.07, 6.45) is 6.75. The molecule has 0 radical (unpaired) electrons. The lowest BCUT2D eigenvalue weighted by atomic mass is 10.2. The van der Waals surface area contributed by atoms with Crippen LogP contribution in [0.5, 0.6) is 0 Å². The summed E-state index contributed by atoms with van der Waals surface area (Å²) in [5.74, 6) is 0. The smallest absolute Gasteiger partial charge is 0.0881 e. The second-order valence-corrected chi connectivity index (χ2v) is 10.2. The Morgan fingerprint density at radius 3 is 1.88 bits per heavy atom. The lowest BCUT2D eigenvalue weighted by molar-refractivity contribution is 1.33. The van der Waals surface area contributed by atoms with Gasteiger partial charge in [0.1, 0.15) is 0 Å². The van der Waals surface area contributed by atoms with Crippen molar-refractivity contribution in [2.45, 2.75) is 20.0 Å².